The molecule has 0 spiro atoms. The second kappa shape index (κ2) is 3.33. The van der Waals surface area contributed by atoms with Crippen molar-refractivity contribution in [3.63, 3.8) is 0 Å². The van der Waals surface area contributed by atoms with Crippen LogP contribution in [-0.2, 0) is 0 Å². The van der Waals surface area contributed by atoms with Gasteiger partial charge in [0.15, 0.2) is 0 Å². The zero-order valence-electron chi connectivity index (χ0n) is 7.25. The smallest absolute Gasteiger partial charge is 0.317 e. The number of carbonyl (C=O) groups is 1. The van der Waals surface area contributed by atoms with Crippen LogP contribution < -0.4 is 5.32 Å². The molecule has 1 aliphatic carbocycles. The van der Waals surface area contributed by atoms with Gasteiger partial charge in [-0.2, -0.15) is 0 Å². The molecule has 0 atom stereocenters. The van der Waals surface area contributed by atoms with Crippen LogP contribution in [0.15, 0.2) is 0 Å². The first-order valence-corrected chi connectivity index (χ1v) is 4.73. The van der Waals surface area contributed by atoms with Crippen molar-refractivity contribution in [1.82, 2.24) is 10.2 Å². The molecule has 1 heterocycles. The van der Waals surface area contributed by atoms with Gasteiger partial charge < -0.3 is 10.2 Å². The highest BCUT2D eigenvalue weighted by atomic mass is 16.2. The Hall–Kier alpha value is -0.730. The summed E-state index contributed by atoms with van der Waals surface area (Å²) in [7, 11) is 0. The van der Waals surface area contributed by atoms with Crippen molar-refractivity contribution < 1.29 is 4.79 Å². The monoisotopic (exact) mass is 167 g/mol. The molecule has 1 N–H and O–H groups in total. The zero-order valence-corrected chi connectivity index (χ0v) is 7.25. The van der Waals surface area contributed by atoms with E-state index in [1.165, 1.54) is 12.8 Å². The third-order valence-electron chi connectivity index (χ3n) is 2.40. The lowest BCUT2D eigenvalue weighted by Crippen LogP contribution is -2.43. The van der Waals surface area contributed by atoms with Crippen molar-refractivity contribution in [3.8, 4) is 0 Å². The van der Waals surface area contributed by atoms with E-state index in [1.54, 1.807) is 0 Å². The van der Waals surface area contributed by atoms with E-state index in [2.05, 4.69) is 11.7 Å². The van der Waals surface area contributed by atoms with Crippen LogP contribution >= 0.6 is 0 Å². The number of likely N-dealkylation sites (tertiary alicyclic amines) is 1. The Morgan fingerprint density at radius 1 is 1.33 bits per heavy atom. The molecule has 0 aromatic carbocycles. The average Bonchev–Trinajstić information content (AvgIpc) is 2.90. The molecule has 1 radical (unpaired) electrons. The highest BCUT2D eigenvalue weighted by Crippen LogP contribution is 2.19. The predicted octanol–water partition coefficient (Wildman–Crippen LogP) is 1.16. The maximum absolute atomic E-state index is 11.4. The number of hydrogen-bond acceptors (Lipinski definition) is 1. The van der Waals surface area contributed by atoms with E-state index < -0.39 is 0 Å². The van der Waals surface area contributed by atoms with Crippen LogP contribution in [0, 0.1) is 6.42 Å². The third kappa shape index (κ3) is 1.90. The summed E-state index contributed by atoms with van der Waals surface area (Å²) < 4.78 is 0. The molecule has 2 fully saturated rings. The fourth-order valence-corrected chi connectivity index (χ4v) is 1.45. The number of hydrogen-bond donors (Lipinski definition) is 1. The van der Waals surface area contributed by atoms with Crippen LogP contribution in [0.1, 0.15) is 25.7 Å². The van der Waals surface area contributed by atoms with Crippen molar-refractivity contribution in [3.05, 3.63) is 6.42 Å². The summed E-state index contributed by atoms with van der Waals surface area (Å²) in [6, 6.07) is 0.633. The number of urea groups is 1. The Kier molecular flexibility index (Phi) is 2.19. The van der Waals surface area contributed by atoms with Crippen molar-refractivity contribution in [2.45, 2.75) is 31.7 Å². The van der Waals surface area contributed by atoms with Gasteiger partial charge in [-0.3, -0.25) is 0 Å². The van der Waals surface area contributed by atoms with Crippen molar-refractivity contribution in [2.24, 2.45) is 0 Å². The molecule has 12 heavy (non-hydrogen) atoms. The second-order valence-electron chi connectivity index (χ2n) is 3.58. The molecule has 3 nitrogen and oxygen atoms in total. The van der Waals surface area contributed by atoms with Gasteiger partial charge in [0.05, 0.1) is 0 Å². The van der Waals surface area contributed by atoms with Crippen LogP contribution in [0.3, 0.4) is 0 Å². The Balaban J connectivity index is 1.76. The van der Waals surface area contributed by atoms with Gasteiger partial charge in [0, 0.05) is 19.1 Å². The summed E-state index contributed by atoms with van der Waals surface area (Å²) in [5.41, 5.74) is 0. The van der Waals surface area contributed by atoms with E-state index in [9.17, 15) is 4.79 Å². The van der Waals surface area contributed by atoms with Gasteiger partial charge in [0.25, 0.3) is 0 Å². The Morgan fingerprint density at radius 3 is 2.58 bits per heavy atom. The number of carbonyl (C=O) groups excluding carboxylic acids is 1. The number of piperidine rings is 1. The number of amides is 2. The second-order valence-corrected chi connectivity index (χ2v) is 3.58. The van der Waals surface area contributed by atoms with E-state index >= 15 is 0 Å². The summed E-state index contributed by atoms with van der Waals surface area (Å²) in [6.45, 7) is 1.80. The maximum atomic E-state index is 11.4. The van der Waals surface area contributed by atoms with E-state index in [0.29, 0.717) is 6.04 Å². The molecule has 1 saturated carbocycles. The van der Waals surface area contributed by atoms with Gasteiger partial charge in [-0.25, -0.2) is 4.79 Å². The molecule has 0 aromatic rings. The summed E-state index contributed by atoms with van der Waals surface area (Å²) in [5.74, 6) is 0. The largest absolute Gasteiger partial charge is 0.335 e. The quantitative estimate of drug-likeness (QED) is 0.624. The molecule has 0 aromatic heterocycles. The first kappa shape index (κ1) is 7.90. The standard InChI is InChI=1S/C9H15N2O/c12-9(10-8-4-5-8)11-6-2-1-3-7-11/h1,8H,2-7H2,(H,10,12). The van der Waals surface area contributed by atoms with Crippen molar-refractivity contribution in [2.75, 3.05) is 13.1 Å². The molecule has 2 rings (SSSR count). The first-order chi connectivity index (χ1) is 5.86. The summed E-state index contributed by atoms with van der Waals surface area (Å²) in [6.07, 6.45) is 6.70. The van der Waals surface area contributed by atoms with Crippen molar-refractivity contribution in [1.29, 1.82) is 0 Å². The average molecular weight is 167 g/mol. The minimum absolute atomic E-state index is 0.144. The van der Waals surface area contributed by atoms with Gasteiger partial charge in [-0.1, -0.05) is 0 Å². The van der Waals surface area contributed by atoms with Crippen molar-refractivity contribution >= 4 is 6.03 Å². The normalized spacial score (nSPS) is 23.8. The lowest BCUT2D eigenvalue weighted by atomic mass is 10.1. The zero-order chi connectivity index (χ0) is 8.39. The molecule has 0 bridgehead atoms. The van der Waals surface area contributed by atoms with Crippen LogP contribution in [0.25, 0.3) is 0 Å². The van der Waals surface area contributed by atoms with Gasteiger partial charge in [0.2, 0.25) is 0 Å². The summed E-state index contributed by atoms with van der Waals surface area (Å²) >= 11 is 0. The fourth-order valence-electron chi connectivity index (χ4n) is 1.45. The molecule has 1 aliphatic heterocycles. The van der Waals surface area contributed by atoms with E-state index in [4.69, 9.17) is 0 Å². The molecule has 1 saturated heterocycles. The highest BCUT2D eigenvalue weighted by Gasteiger charge is 2.26. The lowest BCUT2D eigenvalue weighted by Gasteiger charge is -2.26. The van der Waals surface area contributed by atoms with E-state index in [-0.39, 0.29) is 6.03 Å². The molecule has 0 unspecified atom stereocenters. The minimum Gasteiger partial charge on any atom is -0.335 e. The SMILES string of the molecule is O=C(NC1CC1)N1CC[CH]CC1. The third-order valence-corrected chi connectivity index (χ3v) is 2.40. The maximum Gasteiger partial charge on any atom is 0.317 e. The Bertz CT molecular complexity index is 171. The highest BCUT2D eigenvalue weighted by molar-refractivity contribution is 5.75. The molecular formula is C9H15N2O. The number of nitrogens with zero attached hydrogens (tertiary/aromatic N) is 1. The summed E-state index contributed by atoms with van der Waals surface area (Å²) in [5, 5.41) is 3.00. The van der Waals surface area contributed by atoms with Gasteiger partial charge >= 0.3 is 6.03 Å². The van der Waals surface area contributed by atoms with Crippen LogP contribution in [0.2, 0.25) is 0 Å². The molecule has 2 amide bonds. The molecule has 3 heteroatoms. The van der Waals surface area contributed by atoms with Gasteiger partial charge in [-0.15, -0.1) is 0 Å². The molecule has 67 valence electrons. The predicted molar refractivity (Wildman–Crippen MR) is 46.7 cm³/mol. The van der Waals surface area contributed by atoms with E-state index in [1.807, 2.05) is 4.90 Å². The molecular weight excluding hydrogens is 152 g/mol. The number of nitrogens with one attached hydrogen (secondary N) is 1. The lowest BCUT2D eigenvalue weighted by molar-refractivity contribution is 0.192. The van der Waals surface area contributed by atoms with Crippen LogP contribution in [-0.4, -0.2) is 30.1 Å². The van der Waals surface area contributed by atoms with E-state index in [0.717, 1.165) is 25.9 Å². The first-order valence-electron chi connectivity index (χ1n) is 4.73. The topological polar surface area (TPSA) is 32.3 Å². The number of rotatable bonds is 1. The van der Waals surface area contributed by atoms with Crippen LogP contribution in [0.4, 0.5) is 4.79 Å². The van der Waals surface area contributed by atoms with Gasteiger partial charge in [0.1, 0.15) is 0 Å². The molecule has 2 aliphatic rings. The fraction of sp³-hybridized carbons (Fsp3) is 0.778. The Morgan fingerprint density at radius 2 is 2.00 bits per heavy atom. The van der Waals surface area contributed by atoms with Crippen LogP contribution in [0.5, 0.6) is 0 Å². The van der Waals surface area contributed by atoms with Gasteiger partial charge in [-0.05, 0) is 32.1 Å². The Labute approximate surface area is 73.1 Å². The minimum atomic E-state index is 0.144. The summed E-state index contributed by atoms with van der Waals surface area (Å²) in [4.78, 5) is 13.4.